The molecular weight excluding hydrogens is 190 g/mol. The van der Waals surface area contributed by atoms with Gasteiger partial charge in [0.15, 0.2) is 0 Å². The quantitative estimate of drug-likeness (QED) is 0.723. The number of nitrogens with two attached hydrogens (primary N) is 1. The lowest BCUT2D eigenvalue weighted by atomic mass is 9.82. The van der Waals surface area contributed by atoms with Gasteiger partial charge in [-0.1, -0.05) is 12.1 Å². The van der Waals surface area contributed by atoms with E-state index in [1.807, 2.05) is 31.2 Å². The third kappa shape index (κ3) is 1.98. The van der Waals surface area contributed by atoms with Crippen molar-refractivity contribution < 1.29 is 9.84 Å². The Morgan fingerprint density at radius 2 is 2.07 bits per heavy atom. The van der Waals surface area contributed by atoms with Crippen molar-refractivity contribution in [2.75, 3.05) is 18.9 Å². The Morgan fingerprint density at radius 3 is 2.60 bits per heavy atom. The summed E-state index contributed by atoms with van der Waals surface area (Å²) in [4.78, 5) is 0. The summed E-state index contributed by atoms with van der Waals surface area (Å²) in [6, 6.07) is 7.40. The van der Waals surface area contributed by atoms with Gasteiger partial charge in [0, 0.05) is 18.2 Å². The van der Waals surface area contributed by atoms with Crippen molar-refractivity contribution in [1.29, 1.82) is 0 Å². The second-order valence-corrected chi connectivity index (χ2v) is 4.33. The third-order valence-corrected chi connectivity index (χ3v) is 3.22. The number of aliphatic hydroxyl groups is 1. The van der Waals surface area contributed by atoms with Crippen LogP contribution >= 0.6 is 0 Å². The molecule has 0 amide bonds. The normalized spacial score (nSPS) is 25.1. The molecule has 2 unspecified atom stereocenters. The van der Waals surface area contributed by atoms with Gasteiger partial charge in [0.2, 0.25) is 0 Å². The Bertz CT molecular complexity index is 326. The first-order valence-electron chi connectivity index (χ1n) is 5.27. The van der Waals surface area contributed by atoms with Crippen LogP contribution in [-0.2, 0) is 10.3 Å². The van der Waals surface area contributed by atoms with Gasteiger partial charge in [-0.15, -0.1) is 0 Å². The van der Waals surface area contributed by atoms with Gasteiger partial charge in [-0.3, -0.25) is 0 Å². The summed E-state index contributed by atoms with van der Waals surface area (Å²) in [5.74, 6) is 0.182. The number of anilines is 1. The van der Waals surface area contributed by atoms with Gasteiger partial charge in [-0.2, -0.15) is 0 Å². The van der Waals surface area contributed by atoms with E-state index in [-0.39, 0.29) is 5.92 Å². The Morgan fingerprint density at radius 1 is 1.40 bits per heavy atom. The average molecular weight is 207 g/mol. The summed E-state index contributed by atoms with van der Waals surface area (Å²) in [5.41, 5.74) is 6.43. The van der Waals surface area contributed by atoms with Crippen LogP contribution < -0.4 is 5.73 Å². The van der Waals surface area contributed by atoms with Gasteiger partial charge in [-0.05, 0) is 31.0 Å². The summed E-state index contributed by atoms with van der Waals surface area (Å²) in [5, 5.41) is 10.5. The van der Waals surface area contributed by atoms with Crippen molar-refractivity contribution in [2.45, 2.75) is 18.9 Å². The van der Waals surface area contributed by atoms with Crippen LogP contribution in [0.4, 0.5) is 5.69 Å². The molecule has 1 fully saturated rings. The van der Waals surface area contributed by atoms with Crippen molar-refractivity contribution >= 4 is 5.69 Å². The van der Waals surface area contributed by atoms with Gasteiger partial charge in [0.05, 0.1) is 12.2 Å². The van der Waals surface area contributed by atoms with Crippen LogP contribution in [0.2, 0.25) is 0 Å². The molecular formula is C12H17NO2. The topological polar surface area (TPSA) is 55.5 Å². The smallest absolute Gasteiger partial charge is 0.0919 e. The monoisotopic (exact) mass is 207 g/mol. The third-order valence-electron chi connectivity index (χ3n) is 3.22. The summed E-state index contributed by atoms with van der Waals surface area (Å²) < 4.78 is 5.30. The van der Waals surface area contributed by atoms with Crippen LogP contribution in [0.3, 0.4) is 0 Å². The fourth-order valence-electron chi connectivity index (χ4n) is 2.03. The molecule has 0 aliphatic carbocycles. The van der Waals surface area contributed by atoms with E-state index in [0.717, 1.165) is 24.3 Å². The van der Waals surface area contributed by atoms with Crippen LogP contribution in [0.15, 0.2) is 24.3 Å². The molecule has 1 aromatic carbocycles. The number of rotatable bonds is 2. The van der Waals surface area contributed by atoms with Crippen molar-refractivity contribution in [3.05, 3.63) is 29.8 Å². The minimum atomic E-state index is -0.815. The predicted octanol–water partition coefficient (Wildman–Crippen LogP) is 1.51. The van der Waals surface area contributed by atoms with Crippen LogP contribution in [0.1, 0.15) is 18.9 Å². The molecule has 0 radical (unpaired) electrons. The number of benzene rings is 1. The number of hydrogen-bond acceptors (Lipinski definition) is 3. The maximum atomic E-state index is 10.5. The zero-order chi connectivity index (χ0) is 10.9. The fourth-order valence-corrected chi connectivity index (χ4v) is 2.03. The summed E-state index contributed by atoms with van der Waals surface area (Å²) in [6.45, 7) is 3.23. The zero-order valence-electron chi connectivity index (χ0n) is 8.94. The minimum Gasteiger partial charge on any atom is -0.399 e. The fraction of sp³-hybridized carbons (Fsp3) is 0.500. The van der Waals surface area contributed by atoms with E-state index in [2.05, 4.69) is 0 Å². The molecule has 1 aliphatic heterocycles. The molecule has 15 heavy (non-hydrogen) atoms. The molecule has 1 aliphatic rings. The molecule has 0 aromatic heterocycles. The largest absolute Gasteiger partial charge is 0.399 e. The first-order valence-corrected chi connectivity index (χ1v) is 5.27. The van der Waals surface area contributed by atoms with Crippen LogP contribution in [0.5, 0.6) is 0 Å². The Labute approximate surface area is 89.9 Å². The maximum Gasteiger partial charge on any atom is 0.0919 e. The van der Waals surface area contributed by atoms with E-state index in [0.29, 0.717) is 6.61 Å². The highest BCUT2D eigenvalue weighted by molar-refractivity contribution is 5.41. The molecule has 1 heterocycles. The molecule has 2 atom stereocenters. The number of hydrogen-bond donors (Lipinski definition) is 2. The summed E-state index contributed by atoms with van der Waals surface area (Å²) >= 11 is 0. The molecule has 82 valence electrons. The van der Waals surface area contributed by atoms with Crippen molar-refractivity contribution in [2.24, 2.45) is 5.92 Å². The lowest BCUT2D eigenvalue weighted by Crippen LogP contribution is -2.32. The highest BCUT2D eigenvalue weighted by Crippen LogP contribution is 2.34. The van der Waals surface area contributed by atoms with Gasteiger partial charge < -0.3 is 15.6 Å². The highest BCUT2D eigenvalue weighted by Gasteiger charge is 2.36. The zero-order valence-corrected chi connectivity index (χ0v) is 8.94. The van der Waals surface area contributed by atoms with E-state index in [9.17, 15) is 5.11 Å². The number of nitrogen functional groups attached to an aromatic ring is 1. The Hall–Kier alpha value is -1.06. The molecule has 0 bridgehead atoms. The van der Waals surface area contributed by atoms with Crippen LogP contribution in [-0.4, -0.2) is 18.3 Å². The summed E-state index contributed by atoms with van der Waals surface area (Å²) in [7, 11) is 0. The summed E-state index contributed by atoms with van der Waals surface area (Å²) in [6.07, 6.45) is 0.914. The minimum absolute atomic E-state index is 0.182. The van der Waals surface area contributed by atoms with E-state index in [1.54, 1.807) is 0 Å². The lowest BCUT2D eigenvalue weighted by Gasteiger charge is -2.29. The Balaban J connectivity index is 2.23. The average Bonchev–Trinajstić information content (AvgIpc) is 2.71. The van der Waals surface area contributed by atoms with E-state index >= 15 is 0 Å². The first-order chi connectivity index (χ1) is 7.10. The standard InChI is InChI=1S/C12H17NO2/c1-12(14,10-6-7-15-8-10)9-2-4-11(13)5-3-9/h2-5,10,14H,6-8,13H2,1H3. The lowest BCUT2D eigenvalue weighted by molar-refractivity contribution is -0.00969. The SMILES string of the molecule is CC(O)(c1ccc(N)cc1)C1CCOC1. The molecule has 0 saturated carbocycles. The van der Waals surface area contributed by atoms with Crippen molar-refractivity contribution in [1.82, 2.24) is 0 Å². The second-order valence-electron chi connectivity index (χ2n) is 4.33. The first kappa shape index (κ1) is 10.5. The Kier molecular flexibility index (Phi) is 2.67. The van der Waals surface area contributed by atoms with Crippen molar-refractivity contribution in [3.63, 3.8) is 0 Å². The van der Waals surface area contributed by atoms with Gasteiger partial charge in [0.25, 0.3) is 0 Å². The molecule has 1 aromatic rings. The van der Waals surface area contributed by atoms with Crippen molar-refractivity contribution in [3.8, 4) is 0 Å². The van der Waals surface area contributed by atoms with E-state index < -0.39 is 5.60 Å². The molecule has 0 spiro atoms. The molecule has 3 nitrogen and oxygen atoms in total. The van der Waals surface area contributed by atoms with Gasteiger partial charge >= 0.3 is 0 Å². The van der Waals surface area contributed by atoms with Gasteiger partial charge in [0.1, 0.15) is 0 Å². The van der Waals surface area contributed by atoms with Crippen LogP contribution in [0, 0.1) is 5.92 Å². The van der Waals surface area contributed by atoms with E-state index in [1.165, 1.54) is 0 Å². The van der Waals surface area contributed by atoms with Gasteiger partial charge in [-0.25, -0.2) is 0 Å². The second kappa shape index (κ2) is 3.83. The molecule has 1 saturated heterocycles. The number of ether oxygens (including phenoxy) is 1. The maximum absolute atomic E-state index is 10.5. The van der Waals surface area contributed by atoms with Crippen LogP contribution in [0.25, 0.3) is 0 Å². The molecule has 2 rings (SSSR count). The molecule has 3 heteroatoms. The predicted molar refractivity (Wildman–Crippen MR) is 59.4 cm³/mol. The highest BCUT2D eigenvalue weighted by atomic mass is 16.5. The molecule has 3 N–H and O–H groups in total. The van der Waals surface area contributed by atoms with E-state index in [4.69, 9.17) is 10.5 Å².